The summed E-state index contributed by atoms with van der Waals surface area (Å²) in [4.78, 5) is 4.69. The Hall–Kier alpha value is -3.54. The Morgan fingerprint density at radius 3 is 2.94 bits per heavy atom. The number of rotatable bonds is 3. The monoisotopic (exact) mass is 477 g/mol. The van der Waals surface area contributed by atoms with Crippen molar-refractivity contribution in [2.45, 2.75) is 31.4 Å². The fourth-order valence-electron chi connectivity index (χ4n) is 5.30. The first-order chi connectivity index (χ1) is 17.7. The van der Waals surface area contributed by atoms with Gasteiger partial charge in [0.05, 0.1) is 35.8 Å². The predicted molar refractivity (Wildman–Crippen MR) is 143 cm³/mol. The molecule has 1 spiro atoms. The quantitative estimate of drug-likeness (QED) is 0.573. The summed E-state index contributed by atoms with van der Waals surface area (Å²) >= 11 is 0. The third kappa shape index (κ3) is 4.52. The van der Waals surface area contributed by atoms with Crippen molar-refractivity contribution in [3.05, 3.63) is 107 Å². The fraction of sp³-hybridized carbons (Fsp3) is 0.300. The highest BCUT2D eigenvalue weighted by atomic mass is 16.5. The van der Waals surface area contributed by atoms with Gasteiger partial charge in [0.1, 0.15) is 0 Å². The lowest BCUT2D eigenvalue weighted by Crippen LogP contribution is -2.56. The van der Waals surface area contributed by atoms with Gasteiger partial charge in [-0.05, 0) is 67.3 Å². The molecule has 6 nitrogen and oxygen atoms in total. The van der Waals surface area contributed by atoms with Gasteiger partial charge in [0.15, 0.2) is 0 Å². The third-order valence-corrected chi connectivity index (χ3v) is 7.28. The Morgan fingerprint density at radius 1 is 1.14 bits per heavy atom. The van der Waals surface area contributed by atoms with Crippen molar-refractivity contribution in [2.75, 3.05) is 26.2 Å². The molecule has 0 saturated carbocycles. The number of H-pyrrole nitrogens is 1. The summed E-state index contributed by atoms with van der Waals surface area (Å²) in [6.45, 7) is 5.48. The Balaban J connectivity index is 1.34. The number of pyridine rings is 1. The Morgan fingerprint density at radius 2 is 2.11 bits per heavy atom. The molecule has 0 bridgehead atoms. The van der Waals surface area contributed by atoms with E-state index in [2.05, 4.69) is 80.2 Å². The lowest BCUT2D eigenvalue weighted by molar-refractivity contribution is -0.0633. The minimum atomic E-state index is -0.0611. The van der Waals surface area contributed by atoms with Crippen LogP contribution in [0, 0.1) is 6.92 Å². The van der Waals surface area contributed by atoms with Crippen LogP contribution in [-0.4, -0.2) is 53.1 Å². The summed E-state index contributed by atoms with van der Waals surface area (Å²) in [5.41, 5.74) is 11.8. The molecule has 3 N–H and O–H groups in total. The molecular weight excluding hydrogens is 446 g/mol. The average Bonchev–Trinajstić information content (AvgIpc) is 3.53. The van der Waals surface area contributed by atoms with E-state index in [1.165, 1.54) is 11.1 Å². The molecule has 182 valence electrons. The molecule has 0 amide bonds. The number of aromatic nitrogens is 3. The first-order valence-corrected chi connectivity index (χ1v) is 12.7. The lowest BCUT2D eigenvalue weighted by Gasteiger charge is -2.39. The number of nitrogens with one attached hydrogen (secondary N) is 3. The zero-order valence-corrected chi connectivity index (χ0v) is 20.6. The number of morpholine rings is 1. The van der Waals surface area contributed by atoms with Crippen LogP contribution in [-0.2, 0) is 4.74 Å². The first-order valence-electron chi connectivity index (χ1n) is 12.7. The summed E-state index contributed by atoms with van der Waals surface area (Å²) in [5, 5.41) is 14.7. The fourth-order valence-corrected chi connectivity index (χ4v) is 5.30. The van der Waals surface area contributed by atoms with Crippen LogP contribution in [0.3, 0.4) is 0 Å². The molecule has 2 aliphatic carbocycles. The van der Waals surface area contributed by atoms with Crippen LogP contribution in [0.15, 0.2) is 95.5 Å². The molecule has 6 rings (SSSR count). The summed E-state index contributed by atoms with van der Waals surface area (Å²) in [5.74, 6) is 0. The van der Waals surface area contributed by atoms with Gasteiger partial charge in [-0.2, -0.15) is 5.10 Å². The van der Waals surface area contributed by atoms with Crippen LogP contribution in [0.1, 0.15) is 24.1 Å². The summed E-state index contributed by atoms with van der Waals surface area (Å²) in [7, 11) is 0. The van der Waals surface area contributed by atoms with Gasteiger partial charge in [-0.3, -0.25) is 10.1 Å². The summed E-state index contributed by atoms with van der Waals surface area (Å²) in [6.07, 6.45) is 21.1. The second-order valence-corrected chi connectivity index (χ2v) is 9.76. The van der Waals surface area contributed by atoms with Crippen molar-refractivity contribution in [2.24, 2.45) is 0 Å². The van der Waals surface area contributed by atoms with E-state index in [1.54, 1.807) is 0 Å². The van der Waals surface area contributed by atoms with E-state index in [9.17, 15) is 0 Å². The van der Waals surface area contributed by atoms with Gasteiger partial charge in [0, 0.05) is 29.9 Å². The minimum absolute atomic E-state index is 0.0611. The van der Waals surface area contributed by atoms with Gasteiger partial charge in [-0.1, -0.05) is 42.5 Å². The van der Waals surface area contributed by atoms with Crippen LogP contribution in [0.2, 0.25) is 0 Å². The highest BCUT2D eigenvalue weighted by molar-refractivity contribution is 5.84. The average molecular weight is 478 g/mol. The molecule has 2 aromatic rings. The predicted octanol–water partition coefficient (Wildman–Crippen LogP) is 4.35. The van der Waals surface area contributed by atoms with Crippen molar-refractivity contribution in [3.63, 3.8) is 0 Å². The molecule has 6 heteroatoms. The smallest absolute Gasteiger partial charge is 0.0942 e. The minimum Gasteiger partial charge on any atom is -0.370 e. The molecule has 2 saturated heterocycles. The number of hydrogen-bond acceptors (Lipinski definition) is 5. The number of aryl methyl sites for hydroxylation is 1. The van der Waals surface area contributed by atoms with Crippen molar-refractivity contribution < 1.29 is 4.74 Å². The van der Waals surface area contributed by atoms with E-state index in [-0.39, 0.29) is 11.6 Å². The SMILES string of the molecule is Cc1cccc(-c2[nH]ncc2C2=C/C=C/C3=C(C4COC5(CCNC5)CN4)/C=C\CC=C=C3C=C2)n1. The molecule has 4 aliphatic rings. The van der Waals surface area contributed by atoms with Crippen molar-refractivity contribution in [3.8, 4) is 11.4 Å². The lowest BCUT2D eigenvalue weighted by atomic mass is 9.89. The number of allylic oxidation sites excluding steroid dienone is 9. The Labute approximate surface area is 211 Å². The Bertz CT molecular complexity index is 1360. The first kappa shape index (κ1) is 22.9. The highest BCUT2D eigenvalue weighted by Crippen LogP contribution is 2.32. The van der Waals surface area contributed by atoms with E-state index in [4.69, 9.17) is 4.74 Å². The number of fused-ring (bicyclic) bond motifs is 1. The molecule has 2 aliphatic heterocycles. The molecule has 2 atom stereocenters. The number of nitrogens with zero attached hydrogens (tertiary/aromatic N) is 2. The molecule has 2 fully saturated rings. The van der Waals surface area contributed by atoms with E-state index >= 15 is 0 Å². The molecule has 4 heterocycles. The Kier molecular flexibility index (Phi) is 6.26. The molecule has 0 aromatic carbocycles. The molecule has 36 heavy (non-hydrogen) atoms. The van der Waals surface area contributed by atoms with Crippen molar-refractivity contribution >= 4 is 5.57 Å². The van der Waals surface area contributed by atoms with E-state index in [1.807, 2.05) is 31.3 Å². The largest absolute Gasteiger partial charge is 0.370 e. The summed E-state index contributed by atoms with van der Waals surface area (Å²) in [6, 6.07) is 6.18. The van der Waals surface area contributed by atoms with Crippen molar-refractivity contribution in [1.82, 2.24) is 25.8 Å². The third-order valence-electron chi connectivity index (χ3n) is 7.28. The zero-order valence-electron chi connectivity index (χ0n) is 20.6. The second kappa shape index (κ2) is 9.84. The number of hydrogen-bond donors (Lipinski definition) is 3. The van der Waals surface area contributed by atoms with Gasteiger partial charge in [0.25, 0.3) is 0 Å². The number of aromatic amines is 1. The zero-order chi connectivity index (χ0) is 24.4. The highest BCUT2D eigenvalue weighted by Gasteiger charge is 2.39. The normalized spacial score (nSPS) is 29.5. The van der Waals surface area contributed by atoms with E-state index < -0.39 is 0 Å². The molecular formula is C30H31N5O. The van der Waals surface area contributed by atoms with Crippen LogP contribution < -0.4 is 10.6 Å². The van der Waals surface area contributed by atoms with Gasteiger partial charge in [0.2, 0.25) is 0 Å². The maximum atomic E-state index is 6.43. The van der Waals surface area contributed by atoms with Crippen LogP contribution in [0.25, 0.3) is 17.0 Å². The van der Waals surface area contributed by atoms with Gasteiger partial charge in [-0.15, -0.1) is 5.73 Å². The van der Waals surface area contributed by atoms with Gasteiger partial charge in [-0.25, -0.2) is 0 Å². The maximum Gasteiger partial charge on any atom is 0.0942 e. The van der Waals surface area contributed by atoms with E-state index in [0.29, 0.717) is 6.61 Å². The van der Waals surface area contributed by atoms with Gasteiger partial charge < -0.3 is 15.4 Å². The summed E-state index contributed by atoms with van der Waals surface area (Å²) < 4.78 is 6.43. The van der Waals surface area contributed by atoms with Crippen LogP contribution in [0.4, 0.5) is 0 Å². The topological polar surface area (TPSA) is 74.9 Å². The van der Waals surface area contributed by atoms with Crippen molar-refractivity contribution in [1.29, 1.82) is 0 Å². The van der Waals surface area contributed by atoms with Crippen LogP contribution >= 0.6 is 0 Å². The standard InChI is InChI=1S/C30H31N5O/c1-21-7-5-12-27(34-21)29-26(17-33-35-29)23-9-6-11-24-22(13-14-23)8-3-2-4-10-25(24)28-18-36-30(20-32-28)15-16-31-19-30/h3-7,9-14,17,28,31-32H,2,15-16,18-20H2,1H3,(H,33,35)/b10-4-,11-6+,14-13?,23-9?,25-24+. The second-order valence-electron chi connectivity index (χ2n) is 9.76. The number of ether oxygens (including phenoxy) is 1. The molecule has 0 radical (unpaired) electrons. The molecule has 2 unspecified atom stereocenters. The van der Waals surface area contributed by atoms with Gasteiger partial charge >= 0.3 is 0 Å². The molecule has 2 aromatic heterocycles. The van der Waals surface area contributed by atoms with E-state index in [0.717, 1.165) is 66.3 Å². The van der Waals surface area contributed by atoms with Crippen LogP contribution in [0.5, 0.6) is 0 Å². The maximum absolute atomic E-state index is 6.43.